The van der Waals surface area contributed by atoms with E-state index in [4.69, 9.17) is 11.6 Å². The number of halogens is 2. The highest BCUT2D eigenvalue weighted by Gasteiger charge is 1.83. The highest BCUT2D eigenvalue weighted by Crippen LogP contribution is 2.11. The van der Waals surface area contributed by atoms with E-state index in [0.717, 1.165) is 4.47 Å². The van der Waals surface area contributed by atoms with Gasteiger partial charge in [0.25, 0.3) is 0 Å². The average molecular weight is 268 g/mol. The van der Waals surface area contributed by atoms with Crippen molar-refractivity contribution in [1.29, 1.82) is 0 Å². The molecule has 66 valence electrons. The van der Waals surface area contributed by atoms with Crippen LogP contribution < -0.4 is 0 Å². The summed E-state index contributed by atoms with van der Waals surface area (Å²) in [6.45, 7) is 0. The lowest BCUT2D eigenvalue weighted by atomic mass is 10.4. The summed E-state index contributed by atoms with van der Waals surface area (Å²) in [5, 5.41) is 0. The minimum Gasteiger partial charge on any atom is -0.440 e. The molecule has 0 bridgehead atoms. The van der Waals surface area contributed by atoms with Crippen molar-refractivity contribution in [2.45, 2.75) is 4.90 Å². The second kappa shape index (κ2) is 4.84. The molecule has 0 saturated heterocycles. The fourth-order valence-electron chi connectivity index (χ4n) is 0.670. The van der Waals surface area contributed by atoms with Gasteiger partial charge >= 0.3 is 0 Å². The molecule has 0 unspecified atom stereocenters. The minimum absolute atomic E-state index is 0.0582. The molecule has 0 heterocycles. The molecular weight excluding hydrogens is 262 g/mol. The normalized spacial score (nSPS) is 13.2. The number of benzene rings is 1. The first-order valence-electron chi connectivity index (χ1n) is 3.15. The highest BCUT2D eigenvalue weighted by atomic mass is 79.9. The van der Waals surface area contributed by atoms with E-state index in [-0.39, 0.29) is 6.00 Å². The van der Waals surface area contributed by atoms with Crippen LogP contribution in [0.3, 0.4) is 0 Å². The van der Waals surface area contributed by atoms with Gasteiger partial charge in [0.05, 0.1) is 6.00 Å². The van der Waals surface area contributed by atoms with E-state index in [1.807, 2.05) is 12.1 Å². The Labute approximate surface area is 86.3 Å². The van der Waals surface area contributed by atoms with Crippen molar-refractivity contribution >= 4 is 38.1 Å². The summed E-state index contributed by atoms with van der Waals surface area (Å²) in [5.41, 5.74) is 0. The third-order valence-electron chi connectivity index (χ3n) is 1.18. The molecule has 0 aliphatic rings. The molecule has 0 spiro atoms. The number of hydrogen-bond donors (Lipinski definition) is 0. The molecule has 2 nitrogen and oxygen atoms in total. The van der Waals surface area contributed by atoms with Crippen LogP contribution in [0.5, 0.6) is 0 Å². The summed E-state index contributed by atoms with van der Waals surface area (Å²) in [4.78, 5) is 0.666. The van der Waals surface area contributed by atoms with Crippen LogP contribution in [0, 0.1) is 0 Å². The summed E-state index contributed by atoms with van der Waals surface area (Å²) in [6, 6.07) is 7.18. The Hall–Kier alpha value is -0.0600. The largest absolute Gasteiger partial charge is 0.440 e. The molecule has 0 saturated carbocycles. The summed E-state index contributed by atoms with van der Waals surface area (Å²) < 4.78 is 15.8. The maximum atomic E-state index is 11.2. The van der Waals surface area contributed by atoms with Crippen LogP contribution in [0.4, 0.5) is 0 Å². The van der Waals surface area contributed by atoms with E-state index < -0.39 is 10.6 Å². The third-order valence-corrected chi connectivity index (χ3v) is 3.01. The van der Waals surface area contributed by atoms with E-state index >= 15 is 0 Å². The number of rotatable bonds is 2. The Morgan fingerprint density at radius 2 is 2.00 bits per heavy atom. The highest BCUT2D eigenvalue weighted by molar-refractivity contribution is 9.10. The molecule has 0 aliphatic heterocycles. The van der Waals surface area contributed by atoms with Crippen molar-refractivity contribution in [3.8, 4) is 0 Å². The first-order chi connectivity index (χ1) is 5.74. The maximum Gasteiger partial charge on any atom is 0.0884 e. The Morgan fingerprint density at radius 1 is 1.42 bits per heavy atom. The summed E-state index contributed by atoms with van der Waals surface area (Å²) in [7, 11) is -1.32. The second-order valence-corrected chi connectivity index (χ2v) is 4.33. The molecule has 0 amide bonds. The molecular formula is C7H6BrClNOS-. The monoisotopic (exact) mass is 266 g/mol. The molecule has 0 aliphatic carbocycles. The van der Waals surface area contributed by atoms with Gasteiger partial charge in [-0.2, -0.15) is 10.6 Å². The molecule has 1 aromatic carbocycles. The maximum absolute atomic E-state index is 11.2. The third kappa shape index (κ3) is 2.77. The van der Waals surface area contributed by atoms with Gasteiger partial charge in [-0.15, -0.1) is 11.6 Å². The summed E-state index contributed by atoms with van der Waals surface area (Å²) in [6.07, 6.45) is 0. The molecule has 0 N–H and O–H groups in total. The predicted molar refractivity (Wildman–Crippen MR) is 53.6 cm³/mol. The van der Waals surface area contributed by atoms with Crippen LogP contribution in [0.15, 0.2) is 38.0 Å². The standard InChI is InChI=1S/C7H6BrClNOS/c8-6-1-3-7(4-2-6)12(11)10-5-9/h1-4H,5H2/q-1. The Kier molecular flexibility index (Phi) is 4.05. The van der Waals surface area contributed by atoms with E-state index in [2.05, 4.69) is 20.3 Å². The van der Waals surface area contributed by atoms with Gasteiger partial charge in [-0.25, -0.2) is 0 Å². The van der Waals surface area contributed by atoms with Gasteiger partial charge < -0.3 is 8.57 Å². The number of nitrogens with zero attached hydrogens (tertiary/aromatic N) is 1. The van der Waals surface area contributed by atoms with Crippen LogP contribution in [0.1, 0.15) is 0 Å². The topological polar surface area (TPSA) is 29.4 Å². The van der Waals surface area contributed by atoms with Crippen LogP contribution in [-0.4, -0.2) is 6.00 Å². The summed E-state index contributed by atoms with van der Waals surface area (Å²) >= 11 is 8.59. The predicted octanol–water partition coefficient (Wildman–Crippen LogP) is 3.15. The fraction of sp³-hybridized carbons (Fsp3) is 0.143. The van der Waals surface area contributed by atoms with Gasteiger partial charge in [-0.05, 0) is 12.1 Å². The van der Waals surface area contributed by atoms with Crippen molar-refractivity contribution in [3.63, 3.8) is 0 Å². The minimum atomic E-state index is -1.32. The van der Waals surface area contributed by atoms with Gasteiger partial charge in [-0.3, -0.25) is 0 Å². The fourth-order valence-corrected chi connectivity index (χ4v) is 1.81. The smallest absolute Gasteiger partial charge is 0.0884 e. The molecule has 1 aromatic rings. The quantitative estimate of drug-likeness (QED) is 0.460. The first kappa shape index (κ1) is 10.0. The van der Waals surface area contributed by atoms with Crippen molar-refractivity contribution in [3.05, 3.63) is 28.7 Å². The van der Waals surface area contributed by atoms with E-state index in [9.17, 15) is 4.21 Å². The molecule has 0 fully saturated rings. The van der Waals surface area contributed by atoms with E-state index in [0.29, 0.717) is 4.90 Å². The lowest BCUT2D eigenvalue weighted by Crippen LogP contribution is -1.78. The zero-order chi connectivity index (χ0) is 8.97. The van der Waals surface area contributed by atoms with Gasteiger partial charge in [-0.1, -0.05) is 33.0 Å². The summed E-state index contributed by atoms with van der Waals surface area (Å²) in [5.74, 6) is 0. The van der Waals surface area contributed by atoms with Crippen LogP contribution in [0.25, 0.3) is 0 Å². The molecule has 0 radical (unpaired) electrons. The Bertz CT molecular complexity index is 332. The van der Waals surface area contributed by atoms with Crippen LogP contribution >= 0.6 is 27.5 Å². The van der Waals surface area contributed by atoms with Gasteiger partial charge in [0, 0.05) is 4.47 Å². The van der Waals surface area contributed by atoms with E-state index in [1.54, 1.807) is 12.1 Å². The first-order valence-corrected chi connectivity index (χ1v) is 5.58. The molecule has 5 heteroatoms. The second-order valence-electron chi connectivity index (χ2n) is 1.95. The Balaban J connectivity index is 2.98. The van der Waals surface area contributed by atoms with Crippen molar-refractivity contribution in [1.82, 2.24) is 0 Å². The average Bonchev–Trinajstić information content (AvgIpc) is 2.06. The zero-order valence-corrected chi connectivity index (χ0v) is 9.19. The van der Waals surface area contributed by atoms with E-state index in [1.165, 1.54) is 0 Å². The SMILES string of the molecule is O=[S-](=NCCl)c1ccc(Br)cc1. The molecule has 12 heavy (non-hydrogen) atoms. The lowest BCUT2D eigenvalue weighted by molar-refractivity contribution is 0.599. The van der Waals surface area contributed by atoms with Gasteiger partial charge in [0.15, 0.2) is 0 Å². The molecule has 0 atom stereocenters. The number of alkyl halides is 1. The number of hydrogen-bond acceptors (Lipinski definition) is 3. The lowest BCUT2D eigenvalue weighted by Gasteiger charge is -2.03. The van der Waals surface area contributed by atoms with Crippen molar-refractivity contribution in [2.24, 2.45) is 4.36 Å². The van der Waals surface area contributed by atoms with Crippen LogP contribution in [-0.2, 0) is 14.8 Å². The zero-order valence-electron chi connectivity index (χ0n) is 6.04. The van der Waals surface area contributed by atoms with Crippen molar-refractivity contribution < 1.29 is 4.21 Å². The molecule has 0 aromatic heterocycles. The van der Waals surface area contributed by atoms with Crippen molar-refractivity contribution in [2.75, 3.05) is 6.00 Å². The van der Waals surface area contributed by atoms with Gasteiger partial charge in [0.2, 0.25) is 0 Å². The van der Waals surface area contributed by atoms with Gasteiger partial charge in [0.1, 0.15) is 0 Å². The Morgan fingerprint density at radius 3 is 2.50 bits per heavy atom. The molecule has 1 rings (SSSR count). The van der Waals surface area contributed by atoms with Crippen LogP contribution in [0.2, 0.25) is 0 Å².